The fourth-order valence-electron chi connectivity index (χ4n) is 3.24. The summed E-state index contributed by atoms with van der Waals surface area (Å²) in [6.45, 7) is 8.52. The highest BCUT2D eigenvalue weighted by atomic mass is 16.6. The van der Waals surface area contributed by atoms with Crippen molar-refractivity contribution >= 4 is 11.9 Å². The number of esters is 1. The summed E-state index contributed by atoms with van der Waals surface area (Å²) < 4.78 is 5.58. The number of aliphatic carboxylic acids is 1. The van der Waals surface area contributed by atoms with Gasteiger partial charge in [-0.1, -0.05) is 20.8 Å². The minimum absolute atomic E-state index is 0.361. The Labute approximate surface area is 127 Å². The highest BCUT2D eigenvalue weighted by Crippen LogP contribution is 2.41. The van der Waals surface area contributed by atoms with Gasteiger partial charge < -0.3 is 9.84 Å². The number of carbonyl (C=O) groups excluding carboxylic acids is 1. The number of carbonyl (C=O) groups is 2. The number of rotatable bonds is 6. The van der Waals surface area contributed by atoms with Gasteiger partial charge in [-0.15, -0.1) is 0 Å². The highest BCUT2D eigenvalue weighted by Gasteiger charge is 2.38. The summed E-state index contributed by atoms with van der Waals surface area (Å²) in [5.74, 6) is 0.139. The molecule has 0 spiro atoms. The topological polar surface area (TPSA) is 63.6 Å². The Hall–Kier alpha value is -1.32. The zero-order chi connectivity index (χ0) is 16.0. The number of ether oxygens (including phenoxy) is 1. The lowest BCUT2D eigenvalue weighted by Crippen LogP contribution is -2.41. The Balaban J connectivity index is 2.64. The van der Waals surface area contributed by atoms with Crippen LogP contribution in [0.25, 0.3) is 0 Å². The number of carboxylic acid groups (broad SMARTS) is 1. The summed E-state index contributed by atoms with van der Waals surface area (Å²) in [4.78, 5) is 22.2. The summed E-state index contributed by atoms with van der Waals surface area (Å²) in [6.07, 6.45) is 7.08. The van der Waals surface area contributed by atoms with Crippen LogP contribution in [0.15, 0.2) is 12.2 Å². The number of hydrogen-bond donors (Lipinski definition) is 1. The third kappa shape index (κ3) is 5.18. The maximum absolute atomic E-state index is 11.8. The van der Waals surface area contributed by atoms with Gasteiger partial charge in [-0.2, -0.15) is 0 Å². The van der Waals surface area contributed by atoms with E-state index in [9.17, 15) is 9.59 Å². The molecule has 1 N–H and O–H groups in total. The first-order valence-corrected chi connectivity index (χ1v) is 7.92. The van der Waals surface area contributed by atoms with Gasteiger partial charge in [0.2, 0.25) is 0 Å². The van der Waals surface area contributed by atoms with Gasteiger partial charge in [0.05, 0.1) is 0 Å². The van der Waals surface area contributed by atoms with Crippen molar-refractivity contribution in [2.75, 3.05) is 0 Å². The molecule has 1 aliphatic carbocycles. The first-order chi connectivity index (χ1) is 9.78. The van der Waals surface area contributed by atoms with Gasteiger partial charge in [-0.3, -0.25) is 0 Å². The highest BCUT2D eigenvalue weighted by molar-refractivity contribution is 5.90. The lowest BCUT2D eigenvalue weighted by molar-refractivity contribution is -0.160. The fourth-order valence-corrected chi connectivity index (χ4v) is 3.24. The van der Waals surface area contributed by atoms with E-state index in [4.69, 9.17) is 9.84 Å². The minimum Gasteiger partial charge on any atom is -0.478 e. The molecule has 1 fully saturated rings. The van der Waals surface area contributed by atoms with E-state index < -0.39 is 17.5 Å². The molecule has 0 aromatic heterocycles. The van der Waals surface area contributed by atoms with E-state index in [2.05, 4.69) is 13.8 Å². The van der Waals surface area contributed by atoms with Gasteiger partial charge in [-0.25, -0.2) is 9.59 Å². The maximum Gasteiger partial charge on any atom is 0.331 e. The Morgan fingerprint density at radius 2 is 1.81 bits per heavy atom. The van der Waals surface area contributed by atoms with Crippen LogP contribution in [0.4, 0.5) is 0 Å². The zero-order valence-electron chi connectivity index (χ0n) is 13.6. The first-order valence-electron chi connectivity index (χ1n) is 7.92. The molecule has 0 bridgehead atoms. The molecule has 0 aromatic carbocycles. The third-order valence-electron chi connectivity index (χ3n) is 4.98. The van der Waals surface area contributed by atoms with Crippen molar-refractivity contribution < 1.29 is 19.4 Å². The van der Waals surface area contributed by atoms with E-state index in [0.717, 1.165) is 37.3 Å². The molecule has 0 radical (unpaired) electrons. The van der Waals surface area contributed by atoms with Crippen LogP contribution in [-0.2, 0) is 14.3 Å². The molecule has 21 heavy (non-hydrogen) atoms. The van der Waals surface area contributed by atoms with Crippen LogP contribution in [-0.4, -0.2) is 22.6 Å². The van der Waals surface area contributed by atoms with Gasteiger partial charge in [0.25, 0.3) is 0 Å². The third-order valence-corrected chi connectivity index (χ3v) is 4.98. The Bertz CT molecular complexity index is 392. The molecular formula is C17H28O4. The van der Waals surface area contributed by atoms with Crippen LogP contribution in [0, 0.1) is 17.8 Å². The molecule has 1 aliphatic rings. The summed E-state index contributed by atoms with van der Waals surface area (Å²) >= 11 is 0. The van der Waals surface area contributed by atoms with Gasteiger partial charge in [0.1, 0.15) is 5.60 Å². The molecule has 4 nitrogen and oxygen atoms in total. The minimum atomic E-state index is -1.14. The summed E-state index contributed by atoms with van der Waals surface area (Å²) in [5.41, 5.74) is -0.498. The monoisotopic (exact) mass is 296 g/mol. The molecule has 1 rings (SSSR count). The maximum atomic E-state index is 11.8. The molecule has 0 heterocycles. The van der Waals surface area contributed by atoms with Crippen LogP contribution >= 0.6 is 0 Å². The Morgan fingerprint density at radius 1 is 1.24 bits per heavy atom. The van der Waals surface area contributed by atoms with Crippen LogP contribution in [0.5, 0.6) is 0 Å². The van der Waals surface area contributed by atoms with Crippen LogP contribution < -0.4 is 0 Å². The van der Waals surface area contributed by atoms with Gasteiger partial charge in [0, 0.05) is 12.2 Å². The largest absolute Gasteiger partial charge is 0.478 e. The second-order valence-corrected chi connectivity index (χ2v) is 6.61. The molecule has 1 unspecified atom stereocenters. The lowest BCUT2D eigenvalue weighted by Gasteiger charge is -2.41. The van der Waals surface area contributed by atoms with E-state index in [-0.39, 0.29) is 0 Å². The van der Waals surface area contributed by atoms with Crippen molar-refractivity contribution in [3.8, 4) is 0 Å². The predicted molar refractivity (Wildman–Crippen MR) is 81.8 cm³/mol. The van der Waals surface area contributed by atoms with Crippen molar-refractivity contribution in [3.05, 3.63) is 12.2 Å². The molecule has 0 saturated heterocycles. The van der Waals surface area contributed by atoms with Crippen LogP contribution in [0.1, 0.15) is 59.8 Å². The quantitative estimate of drug-likeness (QED) is 0.598. The van der Waals surface area contributed by atoms with Crippen molar-refractivity contribution in [2.45, 2.75) is 65.4 Å². The fraction of sp³-hybridized carbons (Fsp3) is 0.765. The molecule has 0 aromatic rings. The van der Waals surface area contributed by atoms with Crippen molar-refractivity contribution in [1.82, 2.24) is 0 Å². The number of carboxylic acids is 1. The first kappa shape index (κ1) is 17.7. The molecule has 0 aliphatic heterocycles. The van der Waals surface area contributed by atoms with Crippen molar-refractivity contribution in [2.24, 2.45) is 17.8 Å². The molecule has 120 valence electrons. The molecule has 1 saturated carbocycles. The van der Waals surface area contributed by atoms with Crippen molar-refractivity contribution in [1.29, 1.82) is 0 Å². The van der Waals surface area contributed by atoms with Crippen molar-refractivity contribution in [3.63, 3.8) is 0 Å². The second-order valence-electron chi connectivity index (χ2n) is 6.61. The summed E-state index contributed by atoms with van der Waals surface area (Å²) in [7, 11) is 0. The standard InChI is InChI=1S/C17H28O4/c1-5-17(4,21-16(20)11-10-15(18)19)14-8-6-13(7-9-14)12(2)3/h10-14H,5-9H2,1-4H3,(H,18,19)/b11-10+. The second kappa shape index (κ2) is 7.62. The molecule has 4 heteroatoms. The van der Waals surface area contributed by atoms with E-state index in [1.165, 1.54) is 12.8 Å². The summed E-state index contributed by atoms with van der Waals surface area (Å²) in [6, 6.07) is 0. The molecule has 1 atom stereocenters. The lowest BCUT2D eigenvalue weighted by atomic mass is 9.70. The van der Waals surface area contributed by atoms with E-state index in [0.29, 0.717) is 11.8 Å². The van der Waals surface area contributed by atoms with Gasteiger partial charge >= 0.3 is 11.9 Å². The SMILES string of the molecule is CCC(C)(OC(=O)/C=C/C(=O)O)C1CCC(C(C)C)CC1. The van der Waals surface area contributed by atoms with E-state index >= 15 is 0 Å². The molecular weight excluding hydrogens is 268 g/mol. The zero-order valence-corrected chi connectivity index (χ0v) is 13.6. The predicted octanol–water partition coefficient (Wildman–Crippen LogP) is 3.80. The Morgan fingerprint density at radius 3 is 2.24 bits per heavy atom. The Kier molecular flexibility index (Phi) is 6.43. The number of hydrogen-bond acceptors (Lipinski definition) is 3. The smallest absolute Gasteiger partial charge is 0.331 e. The van der Waals surface area contributed by atoms with Crippen LogP contribution in [0.2, 0.25) is 0 Å². The average molecular weight is 296 g/mol. The van der Waals surface area contributed by atoms with Gasteiger partial charge in [0.15, 0.2) is 0 Å². The molecule has 0 amide bonds. The van der Waals surface area contributed by atoms with Crippen LogP contribution in [0.3, 0.4) is 0 Å². The van der Waals surface area contributed by atoms with Gasteiger partial charge in [-0.05, 0) is 56.8 Å². The summed E-state index contributed by atoms with van der Waals surface area (Å²) in [5, 5.41) is 8.55. The van der Waals surface area contributed by atoms with E-state index in [1.54, 1.807) is 0 Å². The van der Waals surface area contributed by atoms with E-state index in [1.807, 2.05) is 13.8 Å². The normalized spacial score (nSPS) is 25.8. The average Bonchev–Trinajstić information content (AvgIpc) is 2.45.